The molecule has 0 spiro atoms. The number of H-pyrrole nitrogens is 1. The average molecular weight is 289 g/mol. The Bertz CT molecular complexity index is 703. The van der Waals surface area contributed by atoms with Gasteiger partial charge in [0.2, 0.25) is 0 Å². The van der Waals surface area contributed by atoms with Crippen LogP contribution in [0.3, 0.4) is 0 Å². The van der Waals surface area contributed by atoms with Crippen molar-refractivity contribution in [2.24, 2.45) is 0 Å². The number of carboxylic acid groups (broad SMARTS) is 1. The van der Waals surface area contributed by atoms with E-state index in [0.717, 1.165) is 10.9 Å². The van der Waals surface area contributed by atoms with Crippen molar-refractivity contribution in [1.82, 2.24) is 15.1 Å². The van der Waals surface area contributed by atoms with Crippen molar-refractivity contribution in [3.05, 3.63) is 30.0 Å². The summed E-state index contributed by atoms with van der Waals surface area (Å²) in [7, 11) is 0. The first-order valence-corrected chi connectivity index (χ1v) is 6.57. The van der Waals surface area contributed by atoms with Gasteiger partial charge in [-0.05, 0) is 13.0 Å². The van der Waals surface area contributed by atoms with E-state index in [0.29, 0.717) is 18.8 Å². The number of hydrogen-bond donors (Lipinski definition) is 2. The molecule has 0 bridgehead atoms. The molecule has 0 unspecified atom stereocenters. The summed E-state index contributed by atoms with van der Waals surface area (Å²) < 4.78 is 5.29. The lowest BCUT2D eigenvalue weighted by atomic mass is 9.95. The second kappa shape index (κ2) is 4.85. The highest BCUT2D eigenvalue weighted by molar-refractivity contribution is 6.05. The van der Waals surface area contributed by atoms with Crippen LogP contribution in [0.2, 0.25) is 0 Å². The second-order valence-electron chi connectivity index (χ2n) is 5.41. The molecule has 0 saturated carbocycles. The van der Waals surface area contributed by atoms with Gasteiger partial charge in [0.05, 0.1) is 18.6 Å². The van der Waals surface area contributed by atoms with E-state index in [9.17, 15) is 9.59 Å². The third-order valence-electron chi connectivity index (χ3n) is 3.55. The smallest absolute Gasteiger partial charge is 0.329 e. The summed E-state index contributed by atoms with van der Waals surface area (Å²) in [5.74, 6) is -1.19. The molecule has 2 N–H and O–H groups in total. The van der Waals surface area contributed by atoms with Crippen molar-refractivity contribution in [1.29, 1.82) is 0 Å². The van der Waals surface area contributed by atoms with E-state index in [2.05, 4.69) is 10.2 Å². The van der Waals surface area contributed by atoms with Gasteiger partial charge in [-0.15, -0.1) is 0 Å². The number of benzene rings is 1. The molecule has 1 saturated heterocycles. The summed E-state index contributed by atoms with van der Waals surface area (Å²) in [5.41, 5.74) is 0.595. The first-order valence-electron chi connectivity index (χ1n) is 6.57. The molecule has 3 rings (SSSR count). The van der Waals surface area contributed by atoms with E-state index in [1.165, 1.54) is 0 Å². The van der Waals surface area contributed by atoms with Gasteiger partial charge in [0.25, 0.3) is 5.91 Å². The zero-order chi connectivity index (χ0) is 15.0. The molecule has 7 heteroatoms. The first-order chi connectivity index (χ1) is 9.98. The Kier molecular flexibility index (Phi) is 3.13. The Morgan fingerprint density at radius 1 is 1.43 bits per heavy atom. The number of rotatable bonds is 4. The number of carboxylic acids is 1. The molecular weight excluding hydrogens is 274 g/mol. The fraction of sp³-hybridized carbons (Fsp3) is 0.357. The van der Waals surface area contributed by atoms with Crippen molar-refractivity contribution >= 4 is 22.8 Å². The molecule has 1 fully saturated rings. The molecule has 1 aliphatic rings. The van der Waals surface area contributed by atoms with Gasteiger partial charge in [-0.25, -0.2) is 4.79 Å². The molecule has 2 heterocycles. The predicted molar refractivity (Wildman–Crippen MR) is 74.0 cm³/mol. The summed E-state index contributed by atoms with van der Waals surface area (Å²) in [6.07, 6.45) is 0. The van der Waals surface area contributed by atoms with Crippen molar-refractivity contribution < 1.29 is 19.4 Å². The molecule has 0 aliphatic carbocycles. The van der Waals surface area contributed by atoms with Gasteiger partial charge >= 0.3 is 5.97 Å². The number of aromatic amines is 1. The number of aromatic nitrogens is 2. The molecule has 1 aliphatic heterocycles. The summed E-state index contributed by atoms with van der Waals surface area (Å²) in [5, 5.41) is 16.3. The van der Waals surface area contributed by atoms with Crippen molar-refractivity contribution in [2.75, 3.05) is 19.7 Å². The molecule has 2 aromatic rings. The van der Waals surface area contributed by atoms with Gasteiger partial charge in [-0.2, -0.15) is 5.10 Å². The maximum Gasteiger partial charge on any atom is 0.329 e. The van der Waals surface area contributed by atoms with Gasteiger partial charge in [-0.1, -0.05) is 18.2 Å². The number of amides is 1. The minimum absolute atomic E-state index is 0.177. The van der Waals surface area contributed by atoms with Gasteiger partial charge < -0.3 is 14.7 Å². The number of para-hydroxylation sites is 1. The number of likely N-dealkylation sites (tertiary alicyclic amines) is 1. The molecule has 0 atom stereocenters. The summed E-state index contributed by atoms with van der Waals surface area (Å²) >= 11 is 0. The van der Waals surface area contributed by atoms with Crippen LogP contribution < -0.4 is 0 Å². The Hall–Kier alpha value is -2.41. The fourth-order valence-corrected chi connectivity index (χ4v) is 2.51. The van der Waals surface area contributed by atoms with E-state index >= 15 is 0 Å². The molecule has 1 aromatic carbocycles. The van der Waals surface area contributed by atoms with Crippen LogP contribution in [0, 0.1) is 0 Å². The Morgan fingerprint density at radius 3 is 2.86 bits per heavy atom. The van der Waals surface area contributed by atoms with Gasteiger partial charge in [0.15, 0.2) is 5.69 Å². The molecule has 1 amide bonds. The predicted octanol–water partition coefficient (Wildman–Crippen LogP) is 0.879. The third-order valence-corrected chi connectivity index (χ3v) is 3.55. The number of aliphatic carboxylic acids is 1. The van der Waals surface area contributed by atoms with E-state index in [-0.39, 0.29) is 12.5 Å². The summed E-state index contributed by atoms with van der Waals surface area (Å²) in [6, 6.07) is 7.42. The Morgan fingerprint density at radius 2 is 2.14 bits per heavy atom. The number of ether oxygens (including phenoxy) is 1. The highest BCUT2D eigenvalue weighted by atomic mass is 16.5. The van der Waals surface area contributed by atoms with Crippen LogP contribution in [-0.2, 0) is 9.53 Å². The van der Waals surface area contributed by atoms with Crippen molar-refractivity contribution in [2.45, 2.75) is 12.5 Å². The third kappa shape index (κ3) is 2.47. The maximum atomic E-state index is 12.4. The zero-order valence-corrected chi connectivity index (χ0v) is 11.5. The minimum Gasteiger partial charge on any atom is -0.480 e. The number of carbonyl (C=O) groups is 2. The normalized spacial score (nSPS) is 16.7. The van der Waals surface area contributed by atoms with E-state index in [1.807, 2.05) is 24.3 Å². The monoisotopic (exact) mass is 289 g/mol. The van der Waals surface area contributed by atoms with E-state index in [4.69, 9.17) is 9.84 Å². The lowest BCUT2D eigenvalue weighted by molar-refractivity contribution is -0.159. The number of nitrogens with zero attached hydrogens (tertiary/aromatic N) is 2. The van der Waals surface area contributed by atoms with E-state index in [1.54, 1.807) is 11.8 Å². The van der Waals surface area contributed by atoms with Crippen LogP contribution in [0.25, 0.3) is 10.9 Å². The van der Waals surface area contributed by atoms with Gasteiger partial charge in [0, 0.05) is 5.39 Å². The summed E-state index contributed by atoms with van der Waals surface area (Å²) in [4.78, 5) is 24.5. The lowest BCUT2D eigenvalue weighted by Crippen LogP contribution is -2.63. The maximum absolute atomic E-state index is 12.4. The quantitative estimate of drug-likeness (QED) is 0.871. The van der Waals surface area contributed by atoms with Crippen LogP contribution in [0.1, 0.15) is 17.4 Å². The van der Waals surface area contributed by atoms with Crippen molar-refractivity contribution in [3.8, 4) is 0 Å². The van der Waals surface area contributed by atoms with Crippen LogP contribution >= 0.6 is 0 Å². The number of fused-ring (bicyclic) bond motifs is 1. The standard InChI is InChI=1S/C14H15N3O4/c1-14(21-6-11(18)19)7-17(8-14)13(20)12-9-4-2-3-5-10(9)15-16-12/h2-5H,6-8H2,1H3,(H,15,16)(H,18,19). The van der Waals surface area contributed by atoms with Crippen LogP contribution in [-0.4, -0.2) is 57.4 Å². The number of hydrogen-bond acceptors (Lipinski definition) is 4. The number of nitrogens with one attached hydrogen (secondary N) is 1. The molecule has 7 nitrogen and oxygen atoms in total. The van der Waals surface area contributed by atoms with Crippen LogP contribution in [0.4, 0.5) is 0 Å². The minimum atomic E-state index is -1.01. The first kappa shape index (κ1) is 13.6. The van der Waals surface area contributed by atoms with Gasteiger partial charge in [-0.3, -0.25) is 9.89 Å². The highest BCUT2D eigenvalue weighted by Crippen LogP contribution is 2.27. The number of carbonyl (C=O) groups excluding carboxylic acids is 1. The Balaban J connectivity index is 1.69. The molecule has 21 heavy (non-hydrogen) atoms. The lowest BCUT2D eigenvalue weighted by Gasteiger charge is -2.46. The fourth-order valence-electron chi connectivity index (χ4n) is 2.51. The molecule has 0 radical (unpaired) electrons. The van der Waals surface area contributed by atoms with E-state index < -0.39 is 11.6 Å². The summed E-state index contributed by atoms with van der Waals surface area (Å²) in [6.45, 7) is 2.16. The van der Waals surface area contributed by atoms with Crippen LogP contribution in [0.5, 0.6) is 0 Å². The molecule has 1 aromatic heterocycles. The second-order valence-corrected chi connectivity index (χ2v) is 5.41. The largest absolute Gasteiger partial charge is 0.480 e. The molecule has 110 valence electrons. The zero-order valence-electron chi connectivity index (χ0n) is 11.5. The topological polar surface area (TPSA) is 95.5 Å². The average Bonchev–Trinajstić information content (AvgIpc) is 2.85. The van der Waals surface area contributed by atoms with Gasteiger partial charge in [0.1, 0.15) is 12.2 Å². The van der Waals surface area contributed by atoms with Crippen molar-refractivity contribution in [3.63, 3.8) is 0 Å². The Labute approximate surface area is 120 Å². The SMILES string of the molecule is CC1(OCC(=O)O)CN(C(=O)c2n[nH]c3ccccc23)C1. The molecular formula is C14H15N3O4. The highest BCUT2D eigenvalue weighted by Gasteiger charge is 2.43. The van der Waals surface area contributed by atoms with Crippen LogP contribution in [0.15, 0.2) is 24.3 Å².